The fraction of sp³-hybridized carbons (Fsp3) is 0.259. The highest BCUT2D eigenvalue weighted by Crippen LogP contribution is 2.32. The molecule has 2 amide bonds. The van der Waals surface area contributed by atoms with Crippen LogP contribution in [-0.4, -0.2) is 32.5 Å². The van der Waals surface area contributed by atoms with E-state index in [0.29, 0.717) is 34.1 Å². The molecule has 0 bridgehead atoms. The van der Waals surface area contributed by atoms with Gasteiger partial charge >= 0.3 is 0 Å². The van der Waals surface area contributed by atoms with Gasteiger partial charge in [0.05, 0.1) is 38.4 Å². The first-order valence-corrected chi connectivity index (χ1v) is 14.1. The van der Waals surface area contributed by atoms with E-state index in [1.165, 1.54) is 11.0 Å². The molecule has 0 heterocycles. The van der Waals surface area contributed by atoms with Gasteiger partial charge in [-0.25, -0.2) is 8.42 Å². The van der Waals surface area contributed by atoms with Gasteiger partial charge in [0.25, 0.3) is 5.91 Å². The Kier molecular flexibility index (Phi) is 8.03. The number of hydrogen-bond acceptors (Lipinski definition) is 4. The Morgan fingerprint density at radius 1 is 0.972 bits per heavy atom. The summed E-state index contributed by atoms with van der Waals surface area (Å²) in [5.41, 5.74) is 2.02. The molecule has 3 aromatic carbocycles. The average molecular weight is 545 g/mol. The zero-order valence-corrected chi connectivity index (χ0v) is 22.0. The van der Waals surface area contributed by atoms with Crippen LogP contribution in [0.25, 0.3) is 0 Å². The largest absolute Gasteiger partial charge is 0.326 e. The van der Waals surface area contributed by atoms with Gasteiger partial charge in [0.2, 0.25) is 5.91 Å². The lowest BCUT2D eigenvalue weighted by atomic mass is 10.1. The molecular formula is C27H26Cl2N2O4S. The second-order valence-corrected chi connectivity index (χ2v) is 11.6. The lowest BCUT2D eigenvalue weighted by Gasteiger charge is -2.23. The van der Waals surface area contributed by atoms with Gasteiger partial charge in [-0.15, -0.1) is 0 Å². The highest BCUT2D eigenvalue weighted by atomic mass is 35.5. The molecule has 1 saturated carbocycles. The quantitative estimate of drug-likeness (QED) is 0.356. The van der Waals surface area contributed by atoms with E-state index in [1.54, 1.807) is 60.7 Å². The summed E-state index contributed by atoms with van der Waals surface area (Å²) in [5, 5.41) is 3.43. The van der Waals surface area contributed by atoms with Crippen molar-refractivity contribution in [1.29, 1.82) is 0 Å². The highest BCUT2D eigenvalue weighted by molar-refractivity contribution is 7.91. The normalized spacial score (nSPS) is 13.3. The van der Waals surface area contributed by atoms with Crippen LogP contribution in [0.3, 0.4) is 0 Å². The molecule has 188 valence electrons. The summed E-state index contributed by atoms with van der Waals surface area (Å²) in [7, 11) is -3.29. The monoisotopic (exact) mass is 544 g/mol. The van der Waals surface area contributed by atoms with Gasteiger partial charge in [-0.3, -0.25) is 9.59 Å². The molecular weight excluding hydrogens is 519 g/mol. The van der Waals surface area contributed by atoms with Crippen LogP contribution >= 0.6 is 23.2 Å². The maximum absolute atomic E-state index is 13.1. The molecule has 0 unspecified atom stereocenters. The molecule has 0 aliphatic heterocycles. The molecule has 0 aromatic heterocycles. The first kappa shape index (κ1) is 26.2. The first-order chi connectivity index (χ1) is 17.2. The van der Waals surface area contributed by atoms with E-state index in [0.717, 1.165) is 12.8 Å². The van der Waals surface area contributed by atoms with Crippen LogP contribution in [0.15, 0.2) is 71.6 Å². The maximum Gasteiger partial charge on any atom is 0.259 e. The molecule has 0 atom stereocenters. The van der Waals surface area contributed by atoms with Crippen molar-refractivity contribution in [3.05, 3.63) is 87.9 Å². The predicted molar refractivity (Wildman–Crippen MR) is 144 cm³/mol. The fourth-order valence-corrected chi connectivity index (χ4v) is 6.10. The van der Waals surface area contributed by atoms with Crippen molar-refractivity contribution >= 4 is 56.2 Å². The van der Waals surface area contributed by atoms with Crippen molar-refractivity contribution in [2.45, 2.75) is 31.1 Å². The number of nitrogens with one attached hydrogen (secondary N) is 1. The zero-order chi connectivity index (χ0) is 25.9. The minimum Gasteiger partial charge on any atom is -0.326 e. The van der Waals surface area contributed by atoms with Gasteiger partial charge in [-0.2, -0.15) is 0 Å². The van der Waals surface area contributed by atoms with E-state index in [9.17, 15) is 18.0 Å². The lowest BCUT2D eigenvalue weighted by molar-refractivity contribution is -0.115. The summed E-state index contributed by atoms with van der Waals surface area (Å²) >= 11 is 12.7. The van der Waals surface area contributed by atoms with Gasteiger partial charge in [0.15, 0.2) is 9.84 Å². The molecule has 0 spiro atoms. The average Bonchev–Trinajstić information content (AvgIpc) is 3.64. The van der Waals surface area contributed by atoms with Gasteiger partial charge in [-0.05, 0) is 73.7 Å². The minimum absolute atomic E-state index is 0.0668. The van der Waals surface area contributed by atoms with Crippen LogP contribution in [-0.2, 0) is 21.1 Å². The first-order valence-electron chi connectivity index (χ1n) is 11.7. The number of carbonyl (C=O) groups is 2. The number of para-hydroxylation sites is 1. The van der Waals surface area contributed by atoms with Crippen LogP contribution in [0, 0.1) is 5.92 Å². The second kappa shape index (κ2) is 11.0. The van der Waals surface area contributed by atoms with E-state index < -0.39 is 9.84 Å². The Morgan fingerprint density at radius 3 is 2.28 bits per heavy atom. The van der Waals surface area contributed by atoms with Crippen LogP contribution in [0.4, 0.5) is 11.4 Å². The standard InChI is InChI=1S/C27H26Cl2N2O4S/c1-2-31(25-6-4-3-5-23(25)28)27(33)22-14-11-20(16-24(22)29)30-26(32)15-18-9-12-21(13-10-18)36(34,35)17-19-7-8-19/h3-6,9-14,16,19H,2,7-8,15,17H2,1H3,(H,30,32). The van der Waals surface area contributed by atoms with E-state index in [1.807, 2.05) is 6.92 Å². The van der Waals surface area contributed by atoms with E-state index in [-0.39, 0.29) is 39.8 Å². The number of carbonyl (C=O) groups excluding carboxylic acids is 2. The molecule has 1 aliphatic rings. The predicted octanol–water partition coefficient (Wildman–Crippen LogP) is 6.03. The third-order valence-corrected chi connectivity index (χ3v) is 8.52. The molecule has 1 fully saturated rings. The smallest absolute Gasteiger partial charge is 0.259 e. The number of hydrogen-bond donors (Lipinski definition) is 1. The number of anilines is 2. The molecule has 1 N–H and O–H groups in total. The summed E-state index contributed by atoms with van der Waals surface area (Å²) in [6, 6.07) is 18.2. The molecule has 1 aliphatic carbocycles. The minimum atomic E-state index is -3.29. The van der Waals surface area contributed by atoms with Crippen molar-refractivity contribution in [2.75, 3.05) is 22.5 Å². The number of rotatable bonds is 9. The van der Waals surface area contributed by atoms with Gasteiger partial charge < -0.3 is 10.2 Å². The van der Waals surface area contributed by atoms with Gasteiger partial charge in [0, 0.05) is 12.2 Å². The molecule has 9 heteroatoms. The number of halogens is 2. The van der Waals surface area contributed by atoms with Crippen LogP contribution in [0.2, 0.25) is 10.0 Å². The van der Waals surface area contributed by atoms with Gasteiger partial charge in [0.1, 0.15) is 0 Å². The third-order valence-electron chi connectivity index (χ3n) is 5.99. The van der Waals surface area contributed by atoms with Gasteiger partial charge in [-0.1, -0.05) is 47.5 Å². The summed E-state index contributed by atoms with van der Waals surface area (Å²) < 4.78 is 24.8. The second-order valence-electron chi connectivity index (χ2n) is 8.79. The SMILES string of the molecule is CCN(C(=O)c1ccc(NC(=O)Cc2ccc(S(=O)(=O)CC3CC3)cc2)cc1Cl)c1ccccc1Cl. The number of benzene rings is 3. The van der Waals surface area contributed by atoms with E-state index in [4.69, 9.17) is 23.2 Å². The summed E-state index contributed by atoms with van der Waals surface area (Å²) in [5.74, 6) is -0.133. The molecule has 0 radical (unpaired) electrons. The molecule has 6 nitrogen and oxygen atoms in total. The lowest BCUT2D eigenvalue weighted by Crippen LogP contribution is -2.31. The van der Waals surface area contributed by atoms with E-state index >= 15 is 0 Å². The third kappa shape index (κ3) is 6.27. The Hall–Kier alpha value is -2.87. The topological polar surface area (TPSA) is 83.6 Å². The summed E-state index contributed by atoms with van der Waals surface area (Å²) in [6.07, 6.45) is 2.00. The van der Waals surface area contributed by atoms with Crippen molar-refractivity contribution in [3.63, 3.8) is 0 Å². The molecule has 4 rings (SSSR count). The van der Waals surface area contributed by atoms with Crippen LogP contribution < -0.4 is 10.2 Å². The van der Waals surface area contributed by atoms with Crippen LogP contribution in [0.1, 0.15) is 35.7 Å². The van der Waals surface area contributed by atoms with Crippen molar-refractivity contribution < 1.29 is 18.0 Å². The van der Waals surface area contributed by atoms with Crippen molar-refractivity contribution in [3.8, 4) is 0 Å². The highest BCUT2D eigenvalue weighted by Gasteiger charge is 2.29. The molecule has 36 heavy (non-hydrogen) atoms. The fourth-order valence-electron chi connectivity index (χ4n) is 3.90. The number of sulfone groups is 1. The summed E-state index contributed by atoms with van der Waals surface area (Å²) in [4.78, 5) is 27.5. The van der Waals surface area contributed by atoms with E-state index in [2.05, 4.69) is 5.32 Å². The zero-order valence-electron chi connectivity index (χ0n) is 19.7. The Balaban J connectivity index is 1.40. The molecule has 3 aromatic rings. The maximum atomic E-state index is 13.1. The van der Waals surface area contributed by atoms with Crippen molar-refractivity contribution in [1.82, 2.24) is 0 Å². The molecule has 0 saturated heterocycles. The number of nitrogens with zero attached hydrogens (tertiary/aromatic N) is 1. The Labute approximate surface area is 221 Å². The van der Waals surface area contributed by atoms with Crippen LogP contribution in [0.5, 0.6) is 0 Å². The summed E-state index contributed by atoms with van der Waals surface area (Å²) in [6.45, 7) is 2.25. The Morgan fingerprint density at radius 2 is 1.67 bits per heavy atom. The van der Waals surface area contributed by atoms with Crippen molar-refractivity contribution in [2.24, 2.45) is 5.92 Å². The Bertz CT molecular complexity index is 1390. The number of amides is 2.